The first-order valence-corrected chi connectivity index (χ1v) is 6.47. The zero-order valence-corrected chi connectivity index (χ0v) is 10.6. The minimum atomic E-state index is -0.0583. The quantitative estimate of drug-likeness (QED) is 0.889. The van der Waals surface area contributed by atoms with Gasteiger partial charge in [0.15, 0.2) is 0 Å². The normalized spacial score (nSPS) is 16.6. The minimum absolute atomic E-state index is 0.0583. The van der Waals surface area contributed by atoms with Crippen molar-refractivity contribution in [2.24, 2.45) is 5.92 Å². The van der Waals surface area contributed by atoms with E-state index in [1.54, 1.807) is 23.0 Å². The monoisotopic (exact) mass is 260 g/mol. The Labute approximate surface area is 110 Å². The van der Waals surface area contributed by atoms with Crippen LogP contribution in [-0.4, -0.2) is 40.3 Å². The molecule has 6 nitrogen and oxygen atoms in total. The van der Waals surface area contributed by atoms with Gasteiger partial charge in [-0.15, -0.1) is 0 Å². The predicted octanol–water partition coefficient (Wildman–Crippen LogP) is 0.886. The van der Waals surface area contributed by atoms with Crippen LogP contribution < -0.4 is 5.32 Å². The number of hydrogen-bond acceptors (Lipinski definition) is 4. The largest absolute Gasteiger partial charge is 0.381 e. The number of fused-ring (bicyclic) bond motifs is 1. The molecule has 0 atom stereocenters. The number of carbonyl (C=O) groups excluding carboxylic acids is 1. The van der Waals surface area contributed by atoms with Crippen LogP contribution in [0.4, 0.5) is 0 Å². The molecule has 0 spiro atoms. The van der Waals surface area contributed by atoms with Crippen molar-refractivity contribution in [3.05, 3.63) is 30.4 Å². The van der Waals surface area contributed by atoms with Crippen molar-refractivity contribution in [1.82, 2.24) is 19.9 Å². The maximum absolute atomic E-state index is 12.1. The summed E-state index contributed by atoms with van der Waals surface area (Å²) in [6.45, 7) is 2.30. The van der Waals surface area contributed by atoms with Gasteiger partial charge in [0, 0.05) is 26.0 Å². The molecule has 0 aromatic carbocycles. The Hall–Kier alpha value is -1.95. The highest BCUT2D eigenvalue weighted by molar-refractivity contribution is 5.95. The molecule has 0 saturated carbocycles. The Bertz CT molecular complexity index is 542. The Morgan fingerprint density at radius 2 is 2.32 bits per heavy atom. The molecule has 6 heteroatoms. The molecule has 0 aliphatic carbocycles. The second kappa shape index (κ2) is 5.36. The smallest absolute Gasteiger partial charge is 0.252 e. The van der Waals surface area contributed by atoms with E-state index in [0.29, 0.717) is 18.0 Å². The van der Waals surface area contributed by atoms with Crippen LogP contribution in [0.2, 0.25) is 0 Å². The van der Waals surface area contributed by atoms with E-state index < -0.39 is 0 Å². The summed E-state index contributed by atoms with van der Waals surface area (Å²) in [6.07, 6.45) is 6.89. The summed E-state index contributed by atoms with van der Waals surface area (Å²) in [5.74, 6) is 0.464. The van der Waals surface area contributed by atoms with E-state index in [2.05, 4.69) is 15.4 Å². The standard InChI is InChI=1S/C13H16N4O2/c18-13(15-6-10-1-3-19-4-2-10)11-5-12-7-14-9-16-17(12)8-11/h5,7-10H,1-4,6H2,(H,15,18). The van der Waals surface area contributed by atoms with Gasteiger partial charge in [0.2, 0.25) is 0 Å². The molecule has 0 unspecified atom stereocenters. The highest BCUT2D eigenvalue weighted by Crippen LogP contribution is 2.14. The van der Waals surface area contributed by atoms with Gasteiger partial charge in [-0.3, -0.25) is 4.79 Å². The number of amides is 1. The van der Waals surface area contributed by atoms with Crippen LogP contribution in [0.15, 0.2) is 24.8 Å². The SMILES string of the molecule is O=C(NCC1CCOCC1)c1cc2cncnn2c1. The van der Waals surface area contributed by atoms with Gasteiger partial charge in [-0.2, -0.15) is 5.10 Å². The van der Waals surface area contributed by atoms with Crippen LogP contribution in [-0.2, 0) is 4.74 Å². The number of ether oxygens (including phenoxy) is 1. The number of carbonyl (C=O) groups is 1. The zero-order chi connectivity index (χ0) is 13.1. The van der Waals surface area contributed by atoms with Crippen molar-refractivity contribution in [2.45, 2.75) is 12.8 Å². The van der Waals surface area contributed by atoms with E-state index in [1.165, 1.54) is 6.33 Å². The van der Waals surface area contributed by atoms with Gasteiger partial charge >= 0.3 is 0 Å². The molecule has 3 rings (SSSR count). The first kappa shape index (κ1) is 12.1. The third kappa shape index (κ3) is 2.73. The maximum Gasteiger partial charge on any atom is 0.252 e. The Morgan fingerprint density at radius 3 is 3.11 bits per heavy atom. The zero-order valence-electron chi connectivity index (χ0n) is 10.6. The number of aromatic nitrogens is 3. The van der Waals surface area contributed by atoms with Crippen molar-refractivity contribution >= 4 is 11.4 Å². The van der Waals surface area contributed by atoms with Crippen molar-refractivity contribution in [2.75, 3.05) is 19.8 Å². The van der Waals surface area contributed by atoms with Crippen LogP contribution in [0, 0.1) is 5.92 Å². The molecular formula is C13H16N4O2. The highest BCUT2D eigenvalue weighted by atomic mass is 16.5. The van der Waals surface area contributed by atoms with E-state index >= 15 is 0 Å². The van der Waals surface area contributed by atoms with E-state index in [0.717, 1.165) is 31.6 Å². The molecule has 1 amide bonds. The molecular weight excluding hydrogens is 244 g/mol. The lowest BCUT2D eigenvalue weighted by Gasteiger charge is -2.21. The van der Waals surface area contributed by atoms with Gasteiger partial charge in [-0.05, 0) is 24.8 Å². The molecule has 1 aliphatic heterocycles. The third-order valence-corrected chi connectivity index (χ3v) is 3.43. The van der Waals surface area contributed by atoms with Crippen LogP contribution in [0.1, 0.15) is 23.2 Å². The predicted molar refractivity (Wildman–Crippen MR) is 68.9 cm³/mol. The number of nitrogens with one attached hydrogen (secondary N) is 1. The van der Waals surface area contributed by atoms with Crippen LogP contribution in [0.5, 0.6) is 0 Å². The molecule has 2 aromatic heterocycles. The fourth-order valence-electron chi connectivity index (χ4n) is 2.27. The van der Waals surface area contributed by atoms with Gasteiger partial charge in [-0.25, -0.2) is 9.50 Å². The van der Waals surface area contributed by atoms with Gasteiger partial charge in [0.05, 0.1) is 17.3 Å². The first-order chi connectivity index (χ1) is 9.33. The summed E-state index contributed by atoms with van der Waals surface area (Å²) in [5, 5.41) is 7.02. The molecule has 1 N–H and O–H groups in total. The van der Waals surface area contributed by atoms with Gasteiger partial charge in [0.25, 0.3) is 5.91 Å². The Balaban J connectivity index is 1.63. The second-order valence-electron chi connectivity index (χ2n) is 4.77. The van der Waals surface area contributed by atoms with Crippen molar-refractivity contribution in [3.8, 4) is 0 Å². The van der Waals surface area contributed by atoms with Crippen LogP contribution in [0.3, 0.4) is 0 Å². The molecule has 19 heavy (non-hydrogen) atoms. The second-order valence-corrected chi connectivity index (χ2v) is 4.77. The summed E-state index contributed by atoms with van der Waals surface area (Å²) in [6, 6.07) is 1.79. The topological polar surface area (TPSA) is 68.5 Å². The molecule has 1 saturated heterocycles. The van der Waals surface area contributed by atoms with Crippen molar-refractivity contribution in [1.29, 1.82) is 0 Å². The summed E-state index contributed by atoms with van der Waals surface area (Å²) in [7, 11) is 0. The molecule has 2 aromatic rings. The fraction of sp³-hybridized carbons (Fsp3) is 0.462. The van der Waals surface area contributed by atoms with E-state index in [9.17, 15) is 4.79 Å². The molecule has 1 fully saturated rings. The van der Waals surface area contributed by atoms with Gasteiger partial charge in [-0.1, -0.05) is 0 Å². The average Bonchev–Trinajstić information content (AvgIpc) is 2.90. The lowest BCUT2D eigenvalue weighted by molar-refractivity contribution is 0.0642. The average molecular weight is 260 g/mol. The summed E-state index contributed by atoms with van der Waals surface area (Å²) in [5.41, 5.74) is 1.44. The Kier molecular flexibility index (Phi) is 3.41. The van der Waals surface area contributed by atoms with E-state index in [4.69, 9.17) is 4.74 Å². The first-order valence-electron chi connectivity index (χ1n) is 6.47. The molecule has 100 valence electrons. The number of nitrogens with zero attached hydrogens (tertiary/aromatic N) is 3. The maximum atomic E-state index is 12.1. The third-order valence-electron chi connectivity index (χ3n) is 3.43. The van der Waals surface area contributed by atoms with Crippen LogP contribution in [0.25, 0.3) is 5.52 Å². The minimum Gasteiger partial charge on any atom is -0.381 e. The lowest BCUT2D eigenvalue weighted by Crippen LogP contribution is -2.31. The number of hydrogen-bond donors (Lipinski definition) is 1. The fourth-order valence-corrected chi connectivity index (χ4v) is 2.27. The molecule has 0 bridgehead atoms. The van der Waals surface area contributed by atoms with E-state index in [-0.39, 0.29) is 5.91 Å². The summed E-state index contributed by atoms with van der Waals surface area (Å²) >= 11 is 0. The molecule has 1 aliphatic rings. The Morgan fingerprint density at radius 1 is 1.47 bits per heavy atom. The van der Waals surface area contributed by atoms with E-state index in [1.807, 2.05) is 0 Å². The van der Waals surface area contributed by atoms with Crippen molar-refractivity contribution < 1.29 is 9.53 Å². The van der Waals surface area contributed by atoms with Gasteiger partial charge in [0.1, 0.15) is 6.33 Å². The molecule has 0 radical (unpaired) electrons. The summed E-state index contributed by atoms with van der Waals surface area (Å²) in [4.78, 5) is 16.0. The number of rotatable bonds is 3. The van der Waals surface area contributed by atoms with Crippen LogP contribution >= 0.6 is 0 Å². The van der Waals surface area contributed by atoms with Gasteiger partial charge < -0.3 is 10.1 Å². The molecule has 3 heterocycles. The summed E-state index contributed by atoms with van der Waals surface area (Å²) < 4.78 is 6.95. The van der Waals surface area contributed by atoms with Crippen molar-refractivity contribution in [3.63, 3.8) is 0 Å². The lowest BCUT2D eigenvalue weighted by atomic mass is 10.0. The highest BCUT2D eigenvalue weighted by Gasteiger charge is 2.16.